The number of benzene rings is 3. The van der Waals surface area contributed by atoms with Crippen LogP contribution in [0, 0.1) is 20.8 Å². The van der Waals surface area contributed by atoms with E-state index in [2.05, 4.69) is 10.0 Å². The van der Waals surface area contributed by atoms with E-state index in [-0.39, 0.29) is 10.5 Å². The van der Waals surface area contributed by atoms with Gasteiger partial charge < -0.3 is 10.1 Å². The van der Waals surface area contributed by atoms with Crippen LogP contribution in [0.1, 0.15) is 27.0 Å². The summed E-state index contributed by atoms with van der Waals surface area (Å²) >= 11 is 0. The van der Waals surface area contributed by atoms with Gasteiger partial charge in [-0.3, -0.25) is 9.52 Å². The predicted molar refractivity (Wildman–Crippen MR) is 123 cm³/mol. The summed E-state index contributed by atoms with van der Waals surface area (Å²) in [5.74, 6) is -1.14. The normalized spacial score (nSPS) is 11.0. The summed E-state index contributed by atoms with van der Waals surface area (Å²) in [5, 5.41) is 2.68. The monoisotopic (exact) mass is 452 g/mol. The number of para-hydroxylation sites is 1. The highest BCUT2D eigenvalue weighted by Crippen LogP contribution is 2.21. The second-order valence-electron chi connectivity index (χ2n) is 7.39. The maximum atomic E-state index is 12.7. The van der Waals surface area contributed by atoms with Gasteiger partial charge in [-0.2, -0.15) is 0 Å². The Labute approximate surface area is 187 Å². The molecule has 0 aliphatic heterocycles. The Morgan fingerprint density at radius 1 is 0.875 bits per heavy atom. The van der Waals surface area contributed by atoms with Crippen molar-refractivity contribution in [1.29, 1.82) is 0 Å². The van der Waals surface area contributed by atoms with E-state index in [1.54, 1.807) is 31.2 Å². The third kappa shape index (κ3) is 5.73. The van der Waals surface area contributed by atoms with Gasteiger partial charge in [0.05, 0.1) is 10.5 Å². The third-order valence-electron chi connectivity index (χ3n) is 4.76. The minimum atomic E-state index is -3.77. The maximum absolute atomic E-state index is 12.7. The number of esters is 1. The van der Waals surface area contributed by atoms with Crippen LogP contribution in [0.3, 0.4) is 0 Å². The number of rotatable bonds is 7. The fraction of sp³-hybridized carbons (Fsp3) is 0.167. The summed E-state index contributed by atoms with van der Waals surface area (Å²) in [4.78, 5) is 24.5. The van der Waals surface area contributed by atoms with Crippen molar-refractivity contribution in [1.82, 2.24) is 0 Å². The number of ether oxygens (including phenoxy) is 1. The molecule has 0 bridgehead atoms. The summed E-state index contributed by atoms with van der Waals surface area (Å²) in [6.45, 7) is 4.97. The highest BCUT2D eigenvalue weighted by atomic mass is 32.2. The van der Waals surface area contributed by atoms with Crippen molar-refractivity contribution in [2.24, 2.45) is 0 Å². The Hall–Kier alpha value is -3.65. The van der Waals surface area contributed by atoms with Gasteiger partial charge in [-0.25, -0.2) is 13.2 Å². The zero-order valence-corrected chi connectivity index (χ0v) is 18.8. The number of carbonyl (C=O) groups excluding carboxylic acids is 2. The molecule has 0 aromatic heterocycles. The quantitative estimate of drug-likeness (QED) is 0.523. The molecule has 0 saturated heterocycles. The topological polar surface area (TPSA) is 102 Å². The van der Waals surface area contributed by atoms with Gasteiger partial charge in [0.25, 0.3) is 15.9 Å². The lowest BCUT2D eigenvalue weighted by Crippen LogP contribution is -2.21. The molecule has 8 heteroatoms. The van der Waals surface area contributed by atoms with E-state index in [0.717, 1.165) is 11.1 Å². The van der Waals surface area contributed by atoms with Crippen LogP contribution in [0.2, 0.25) is 0 Å². The molecule has 3 aromatic carbocycles. The number of amides is 1. The number of hydrogen-bond donors (Lipinski definition) is 2. The predicted octanol–water partition coefficient (Wildman–Crippen LogP) is 4.21. The highest BCUT2D eigenvalue weighted by molar-refractivity contribution is 7.92. The molecule has 3 rings (SSSR count). The van der Waals surface area contributed by atoms with Gasteiger partial charge in [-0.1, -0.05) is 30.3 Å². The summed E-state index contributed by atoms with van der Waals surface area (Å²) in [6.07, 6.45) is 0. The molecule has 7 nitrogen and oxygen atoms in total. The largest absolute Gasteiger partial charge is 0.452 e. The lowest BCUT2D eigenvalue weighted by Gasteiger charge is -2.12. The minimum Gasteiger partial charge on any atom is -0.452 e. The van der Waals surface area contributed by atoms with Crippen molar-refractivity contribution in [3.05, 3.63) is 89.0 Å². The molecular formula is C24H24N2O5S. The van der Waals surface area contributed by atoms with Crippen LogP contribution >= 0.6 is 0 Å². The smallest absolute Gasteiger partial charge is 0.338 e. The lowest BCUT2D eigenvalue weighted by molar-refractivity contribution is -0.119. The molecule has 0 spiro atoms. The van der Waals surface area contributed by atoms with Gasteiger partial charge >= 0.3 is 5.97 Å². The zero-order valence-electron chi connectivity index (χ0n) is 18.0. The van der Waals surface area contributed by atoms with E-state index in [1.165, 1.54) is 24.3 Å². The Morgan fingerprint density at radius 2 is 1.56 bits per heavy atom. The van der Waals surface area contributed by atoms with Gasteiger partial charge in [-0.05, 0) is 73.9 Å². The van der Waals surface area contributed by atoms with Crippen LogP contribution in [0.15, 0.2) is 71.6 Å². The molecule has 0 radical (unpaired) electrons. The lowest BCUT2D eigenvalue weighted by atomic mass is 10.2. The molecule has 0 aliphatic rings. The molecule has 0 heterocycles. The number of hydrogen-bond acceptors (Lipinski definition) is 5. The average Bonchev–Trinajstić information content (AvgIpc) is 2.75. The summed E-state index contributed by atoms with van der Waals surface area (Å²) < 4.78 is 33.0. The van der Waals surface area contributed by atoms with Crippen LogP contribution in [0.5, 0.6) is 0 Å². The Bertz CT molecular complexity index is 1250. The first kappa shape index (κ1) is 23.0. The van der Waals surface area contributed by atoms with Gasteiger partial charge in [0.15, 0.2) is 6.61 Å². The molecule has 3 aromatic rings. The fourth-order valence-corrected chi connectivity index (χ4v) is 4.38. The van der Waals surface area contributed by atoms with E-state index in [4.69, 9.17) is 4.74 Å². The molecule has 2 N–H and O–H groups in total. The van der Waals surface area contributed by atoms with E-state index < -0.39 is 28.5 Å². The van der Waals surface area contributed by atoms with Crippen LogP contribution in [0.25, 0.3) is 0 Å². The summed E-state index contributed by atoms with van der Waals surface area (Å²) in [7, 11) is -3.77. The van der Waals surface area contributed by atoms with Crippen LogP contribution in [-0.4, -0.2) is 26.9 Å². The third-order valence-corrected chi connectivity index (χ3v) is 6.28. The molecule has 0 unspecified atom stereocenters. The van der Waals surface area contributed by atoms with E-state index in [0.29, 0.717) is 16.9 Å². The van der Waals surface area contributed by atoms with Gasteiger partial charge in [0, 0.05) is 11.4 Å². The van der Waals surface area contributed by atoms with Gasteiger partial charge in [0.2, 0.25) is 0 Å². The van der Waals surface area contributed by atoms with Crippen molar-refractivity contribution in [2.45, 2.75) is 25.7 Å². The van der Waals surface area contributed by atoms with Crippen molar-refractivity contribution < 1.29 is 22.7 Å². The number of nitrogens with one attached hydrogen (secondary N) is 2. The van der Waals surface area contributed by atoms with Crippen molar-refractivity contribution >= 4 is 33.3 Å². The molecule has 166 valence electrons. The highest BCUT2D eigenvalue weighted by Gasteiger charge is 2.18. The fourth-order valence-electron chi connectivity index (χ4n) is 3.00. The second-order valence-corrected chi connectivity index (χ2v) is 9.04. The van der Waals surface area contributed by atoms with Crippen LogP contribution in [-0.2, 0) is 19.6 Å². The van der Waals surface area contributed by atoms with Gasteiger partial charge in [-0.15, -0.1) is 0 Å². The number of anilines is 2. The standard InChI is InChI=1S/C24H24N2O5S/c1-16-8-9-18(3)22(14-16)32(29,30)26-20-12-10-19(11-13-20)24(28)31-15-23(27)25-21-7-5-4-6-17(21)2/h4-14,26H,15H2,1-3H3,(H,25,27). The first-order valence-corrected chi connectivity index (χ1v) is 11.4. The Kier molecular flexibility index (Phi) is 6.95. The summed E-state index contributed by atoms with van der Waals surface area (Å²) in [5.41, 5.74) is 3.51. The minimum absolute atomic E-state index is 0.195. The average molecular weight is 453 g/mol. The molecule has 0 fully saturated rings. The van der Waals surface area contributed by atoms with E-state index in [1.807, 2.05) is 32.0 Å². The SMILES string of the molecule is Cc1ccc(C)c(S(=O)(=O)Nc2ccc(C(=O)OCC(=O)Nc3ccccc3C)cc2)c1. The first-order valence-electron chi connectivity index (χ1n) is 9.88. The van der Waals surface area contributed by atoms with Crippen molar-refractivity contribution in [2.75, 3.05) is 16.6 Å². The Balaban J connectivity index is 1.60. The Morgan fingerprint density at radius 3 is 2.25 bits per heavy atom. The molecule has 0 saturated carbocycles. The van der Waals surface area contributed by atoms with Crippen molar-refractivity contribution in [3.63, 3.8) is 0 Å². The van der Waals surface area contributed by atoms with Crippen LogP contribution in [0.4, 0.5) is 11.4 Å². The second kappa shape index (κ2) is 9.65. The molecule has 32 heavy (non-hydrogen) atoms. The van der Waals surface area contributed by atoms with Crippen LogP contribution < -0.4 is 10.0 Å². The molecule has 0 aliphatic carbocycles. The first-order chi connectivity index (χ1) is 15.2. The van der Waals surface area contributed by atoms with E-state index in [9.17, 15) is 18.0 Å². The number of aryl methyl sites for hydroxylation is 3. The van der Waals surface area contributed by atoms with E-state index >= 15 is 0 Å². The molecular weight excluding hydrogens is 428 g/mol. The number of carbonyl (C=O) groups is 2. The summed E-state index contributed by atoms with van der Waals surface area (Å²) in [6, 6.07) is 18.3. The molecule has 1 amide bonds. The van der Waals surface area contributed by atoms with Crippen molar-refractivity contribution in [3.8, 4) is 0 Å². The zero-order chi connectivity index (χ0) is 23.3. The maximum Gasteiger partial charge on any atom is 0.338 e. The number of sulfonamides is 1. The van der Waals surface area contributed by atoms with Gasteiger partial charge in [0.1, 0.15) is 0 Å². The molecule has 0 atom stereocenters.